The van der Waals surface area contributed by atoms with Crippen LogP contribution in [0.15, 0.2) is 24.3 Å². The Hall–Kier alpha value is -2.77. The van der Waals surface area contributed by atoms with Crippen molar-refractivity contribution in [2.75, 3.05) is 20.3 Å². The van der Waals surface area contributed by atoms with E-state index in [2.05, 4.69) is 5.32 Å². The first-order chi connectivity index (χ1) is 12.4. The van der Waals surface area contributed by atoms with Crippen LogP contribution < -0.4 is 14.8 Å². The van der Waals surface area contributed by atoms with Gasteiger partial charge in [-0.15, -0.1) is 0 Å². The van der Waals surface area contributed by atoms with E-state index in [1.165, 1.54) is 14.0 Å². The first kappa shape index (κ1) is 19.6. The number of hydrogen-bond donors (Lipinski definition) is 2. The molecule has 1 fully saturated rings. The van der Waals surface area contributed by atoms with Crippen molar-refractivity contribution in [1.29, 1.82) is 0 Å². The van der Waals surface area contributed by atoms with E-state index in [-0.39, 0.29) is 31.5 Å². The molecule has 0 spiro atoms. The van der Waals surface area contributed by atoms with Gasteiger partial charge in [0.05, 0.1) is 7.11 Å². The highest BCUT2D eigenvalue weighted by Gasteiger charge is 2.33. The third kappa shape index (κ3) is 5.65. The monoisotopic (exact) mass is 364 g/mol. The van der Waals surface area contributed by atoms with Crippen molar-refractivity contribution in [3.05, 3.63) is 24.3 Å². The van der Waals surface area contributed by atoms with Crippen LogP contribution in [0.25, 0.3) is 0 Å². The van der Waals surface area contributed by atoms with Gasteiger partial charge in [0.25, 0.3) is 5.91 Å². The molecule has 2 amide bonds. The second kappa shape index (κ2) is 9.07. The number of aliphatic carboxylic acids is 1. The quantitative estimate of drug-likeness (QED) is 0.643. The van der Waals surface area contributed by atoms with Crippen LogP contribution in [0.4, 0.5) is 0 Å². The Morgan fingerprint density at radius 1 is 1.27 bits per heavy atom. The zero-order valence-electron chi connectivity index (χ0n) is 14.9. The van der Waals surface area contributed by atoms with Gasteiger partial charge in [-0.3, -0.25) is 14.4 Å². The molecule has 0 aromatic heterocycles. The Bertz CT molecular complexity index is 659. The number of ether oxygens (including phenoxy) is 2. The molecular weight excluding hydrogens is 340 g/mol. The van der Waals surface area contributed by atoms with Gasteiger partial charge < -0.3 is 24.8 Å². The maximum Gasteiger partial charge on any atom is 0.325 e. The number of nitrogens with zero attached hydrogens (tertiary/aromatic N) is 1. The van der Waals surface area contributed by atoms with E-state index < -0.39 is 17.9 Å². The van der Waals surface area contributed by atoms with E-state index in [0.29, 0.717) is 11.5 Å². The number of carbonyl (C=O) groups excluding carboxylic acids is 2. The summed E-state index contributed by atoms with van der Waals surface area (Å²) in [6, 6.07) is 6.21. The highest BCUT2D eigenvalue weighted by molar-refractivity contribution is 5.84. The van der Waals surface area contributed by atoms with Gasteiger partial charge in [-0.05, 0) is 31.9 Å². The molecule has 0 saturated heterocycles. The summed E-state index contributed by atoms with van der Waals surface area (Å²) in [6.07, 6.45) is 1.84. The normalized spacial score (nSPS) is 14.2. The molecule has 1 aliphatic rings. The standard InChI is InChI=1S/C18H24N2O6/c1-12(18(23)24)19-16(21)9-10-20(13-7-8-13)17(22)11-26-15-6-4-3-5-14(15)25-2/h3-6,12-13H,7-11H2,1-2H3,(H,19,21)(H,23,24). The first-order valence-corrected chi connectivity index (χ1v) is 8.49. The number of amides is 2. The predicted molar refractivity (Wildman–Crippen MR) is 93.1 cm³/mol. The van der Waals surface area contributed by atoms with E-state index in [9.17, 15) is 14.4 Å². The van der Waals surface area contributed by atoms with Crippen LogP contribution >= 0.6 is 0 Å². The highest BCUT2D eigenvalue weighted by Crippen LogP contribution is 2.28. The van der Waals surface area contributed by atoms with Crippen molar-refractivity contribution in [3.8, 4) is 11.5 Å². The van der Waals surface area contributed by atoms with Crippen LogP contribution in [-0.4, -0.2) is 60.1 Å². The molecule has 1 aromatic carbocycles. The van der Waals surface area contributed by atoms with Crippen LogP contribution in [0.5, 0.6) is 11.5 Å². The average molecular weight is 364 g/mol. The molecule has 26 heavy (non-hydrogen) atoms. The molecule has 1 unspecified atom stereocenters. The Morgan fingerprint density at radius 2 is 1.92 bits per heavy atom. The van der Waals surface area contributed by atoms with Gasteiger partial charge in [-0.1, -0.05) is 12.1 Å². The summed E-state index contributed by atoms with van der Waals surface area (Å²) in [6.45, 7) is 1.48. The van der Waals surface area contributed by atoms with Gasteiger partial charge in [-0.2, -0.15) is 0 Å². The number of carboxylic acid groups (broad SMARTS) is 1. The van der Waals surface area contributed by atoms with E-state index in [1.807, 2.05) is 0 Å². The second-order valence-corrected chi connectivity index (χ2v) is 6.14. The SMILES string of the molecule is COc1ccccc1OCC(=O)N(CCC(=O)NC(C)C(=O)O)C1CC1. The number of carboxylic acids is 1. The van der Waals surface area contributed by atoms with Gasteiger partial charge in [-0.25, -0.2) is 0 Å². The zero-order valence-corrected chi connectivity index (χ0v) is 14.9. The molecule has 1 aromatic rings. The number of hydrogen-bond acceptors (Lipinski definition) is 5. The van der Waals surface area contributed by atoms with Crippen molar-refractivity contribution in [3.63, 3.8) is 0 Å². The van der Waals surface area contributed by atoms with Crippen molar-refractivity contribution < 1.29 is 29.0 Å². The van der Waals surface area contributed by atoms with Crippen LogP contribution in [0.2, 0.25) is 0 Å². The molecule has 8 heteroatoms. The van der Waals surface area contributed by atoms with Crippen molar-refractivity contribution in [1.82, 2.24) is 10.2 Å². The Labute approximate surface area is 152 Å². The van der Waals surface area contributed by atoms with E-state index in [0.717, 1.165) is 12.8 Å². The lowest BCUT2D eigenvalue weighted by atomic mass is 10.3. The first-order valence-electron chi connectivity index (χ1n) is 8.49. The number of para-hydroxylation sites is 2. The minimum Gasteiger partial charge on any atom is -0.493 e. The summed E-state index contributed by atoms with van der Waals surface area (Å²) in [4.78, 5) is 36.7. The number of rotatable bonds is 10. The number of nitrogens with one attached hydrogen (secondary N) is 1. The van der Waals surface area contributed by atoms with Gasteiger partial charge in [0.1, 0.15) is 6.04 Å². The number of benzene rings is 1. The summed E-state index contributed by atoms with van der Waals surface area (Å²) in [5.74, 6) is -0.687. The molecular formula is C18H24N2O6. The smallest absolute Gasteiger partial charge is 0.325 e. The molecule has 0 heterocycles. The van der Waals surface area contributed by atoms with Gasteiger partial charge >= 0.3 is 5.97 Å². The molecule has 1 saturated carbocycles. The second-order valence-electron chi connectivity index (χ2n) is 6.14. The summed E-state index contributed by atoms with van der Waals surface area (Å²) < 4.78 is 10.7. The maximum atomic E-state index is 12.5. The van der Waals surface area contributed by atoms with E-state index >= 15 is 0 Å². The molecule has 0 radical (unpaired) electrons. The minimum absolute atomic E-state index is 0.0501. The lowest BCUT2D eigenvalue weighted by Crippen LogP contribution is -2.42. The fourth-order valence-corrected chi connectivity index (χ4v) is 2.45. The predicted octanol–water partition coefficient (Wildman–Crippen LogP) is 1.04. The van der Waals surface area contributed by atoms with Crippen molar-refractivity contribution in [2.24, 2.45) is 0 Å². The number of methoxy groups -OCH3 is 1. The fourth-order valence-electron chi connectivity index (χ4n) is 2.45. The van der Waals surface area contributed by atoms with Crippen LogP contribution in [0, 0.1) is 0 Å². The van der Waals surface area contributed by atoms with Gasteiger partial charge in [0.15, 0.2) is 18.1 Å². The highest BCUT2D eigenvalue weighted by atomic mass is 16.5. The molecule has 2 rings (SSSR count). The largest absolute Gasteiger partial charge is 0.493 e. The summed E-state index contributed by atoms with van der Waals surface area (Å²) >= 11 is 0. The molecule has 8 nitrogen and oxygen atoms in total. The summed E-state index contributed by atoms with van der Waals surface area (Å²) in [5.41, 5.74) is 0. The van der Waals surface area contributed by atoms with Crippen molar-refractivity contribution in [2.45, 2.75) is 38.3 Å². The topological polar surface area (TPSA) is 105 Å². The molecule has 0 bridgehead atoms. The summed E-state index contributed by atoms with van der Waals surface area (Å²) in [7, 11) is 1.53. The molecule has 2 N–H and O–H groups in total. The zero-order chi connectivity index (χ0) is 19.1. The van der Waals surface area contributed by atoms with Crippen molar-refractivity contribution >= 4 is 17.8 Å². The third-order valence-electron chi connectivity index (χ3n) is 4.06. The van der Waals surface area contributed by atoms with E-state index in [1.54, 1.807) is 29.2 Å². The Kier molecular flexibility index (Phi) is 6.82. The molecule has 1 aliphatic carbocycles. The van der Waals surface area contributed by atoms with Gasteiger partial charge in [0.2, 0.25) is 5.91 Å². The molecule has 0 aliphatic heterocycles. The Balaban J connectivity index is 1.85. The summed E-state index contributed by atoms with van der Waals surface area (Å²) in [5, 5.41) is 11.2. The van der Waals surface area contributed by atoms with E-state index in [4.69, 9.17) is 14.6 Å². The minimum atomic E-state index is -1.10. The van der Waals surface area contributed by atoms with Crippen LogP contribution in [-0.2, 0) is 14.4 Å². The third-order valence-corrected chi connectivity index (χ3v) is 4.06. The maximum absolute atomic E-state index is 12.5. The number of carbonyl (C=O) groups is 3. The fraction of sp³-hybridized carbons (Fsp3) is 0.500. The lowest BCUT2D eigenvalue weighted by Gasteiger charge is -2.23. The van der Waals surface area contributed by atoms with Crippen LogP contribution in [0.3, 0.4) is 0 Å². The van der Waals surface area contributed by atoms with Crippen LogP contribution in [0.1, 0.15) is 26.2 Å². The molecule has 1 atom stereocenters. The Morgan fingerprint density at radius 3 is 2.50 bits per heavy atom. The molecule has 142 valence electrons. The van der Waals surface area contributed by atoms with Gasteiger partial charge in [0, 0.05) is 19.0 Å². The lowest BCUT2D eigenvalue weighted by molar-refractivity contribution is -0.141. The average Bonchev–Trinajstić information content (AvgIpc) is 3.45.